The topological polar surface area (TPSA) is 78.4 Å². The molecule has 5 nitrogen and oxygen atoms in total. The Hall–Kier alpha value is -1.26. The molecule has 1 fully saturated rings. The van der Waals surface area contributed by atoms with Gasteiger partial charge in [0.1, 0.15) is 0 Å². The number of hydrogen-bond donors (Lipinski definition) is 3. The molecular weight excluding hydrogens is 220 g/mol. The van der Waals surface area contributed by atoms with Crippen LogP contribution in [0.15, 0.2) is 0 Å². The maximum Gasteiger partial charge on any atom is 0.315 e. The molecule has 0 aromatic carbocycles. The molecular formula is C12H22N2O3. The predicted molar refractivity (Wildman–Crippen MR) is 64.8 cm³/mol. The largest absolute Gasteiger partial charge is 0.481 e. The van der Waals surface area contributed by atoms with Crippen LogP contribution in [0.2, 0.25) is 0 Å². The molecule has 0 aliphatic heterocycles. The van der Waals surface area contributed by atoms with Gasteiger partial charge in [-0.15, -0.1) is 0 Å². The molecule has 2 amide bonds. The highest BCUT2D eigenvalue weighted by Crippen LogP contribution is 2.43. The highest BCUT2D eigenvalue weighted by Gasteiger charge is 2.37. The Morgan fingerprint density at radius 2 is 2.06 bits per heavy atom. The number of amides is 2. The third-order valence-electron chi connectivity index (χ3n) is 3.17. The van der Waals surface area contributed by atoms with E-state index in [1.165, 1.54) is 0 Å². The van der Waals surface area contributed by atoms with E-state index < -0.39 is 5.97 Å². The number of urea groups is 1. The number of hydrogen-bond acceptors (Lipinski definition) is 2. The molecule has 17 heavy (non-hydrogen) atoms. The lowest BCUT2D eigenvalue weighted by Gasteiger charge is -2.17. The number of carboxylic acid groups (broad SMARTS) is 1. The van der Waals surface area contributed by atoms with Crippen molar-refractivity contribution in [2.45, 2.75) is 52.0 Å². The van der Waals surface area contributed by atoms with Gasteiger partial charge < -0.3 is 15.7 Å². The summed E-state index contributed by atoms with van der Waals surface area (Å²) in [6.07, 6.45) is 3.84. The zero-order valence-corrected chi connectivity index (χ0v) is 10.6. The minimum atomic E-state index is -0.877. The third-order valence-corrected chi connectivity index (χ3v) is 3.17. The summed E-state index contributed by atoms with van der Waals surface area (Å²) in [5.74, 6) is -0.877. The fourth-order valence-electron chi connectivity index (χ4n) is 1.70. The van der Waals surface area contributed by atoms with Crippen molar-refractivity contribution in [1.29, 1.82) is 0 Å². The molecule has 0 aromatic heterocycles. The van der Waals surface area contributed by atoms with Crippen molar-refractivity contribution in [2.24, 2.45) is 5.41 Å². The molecule has 98 valence electrons. The first-order chi connectivity index (χ1) is 7.95. The van der Waals surface area contributed by atoms with Gasteiger partial charge >= 0.3 is 12.0 Å². The fraction of sp³-hybridized carbons (Fsp3) is 0.833. The number of carbonyl (C=O) groups excluding carboxylic acids is 1. The van der Waals surface area contributed by atoms with Crippen LogP contribution in [0.3, 0.4) is 0 Å². The predicted octanol–water partition coefficient (Wildman–Crippen LogP) is 1.73. The maximum atomic E-state index is 11.6. The van der Waals surface area contributed by atoms with E-state index in [1.807, 2.05) is 6.92 Å². The molecule has 3 N–H and O–H groups in total. The van der Waals surface area contributed by atoms with Crippen molar-refractivity contribution in [3.63, 3.8) is 0 Å². The van der Waals surface area contributed by atoms with Gasteiger partial charge in [0, 0.05) is 12.6 Å². The first-order valence-corrected chi connectivity index (χ1v) is 6.21. The van der Waals surface area contributed by atoms with Crippen molar-refractivity contribution in [3.8, 4) is 0 Å². The number of carbonyl (C=O) groups is 2. The van der Waals surface area contributed by atoms with Gasteiger partial charge in [0.25, 0.3) is 0 Å². The van der Waals surface area contributed by atoms with E-state index in [9.17, 15) is 9.59 Å². The number of rotatable bonds is 7. The fourth-order valence-corrected chi connectivity index (χ4v) is 1.70. The van der Waals surface area contributed by atoms with E-state index >= 15 is 0 Å². The van der Waals surface area contributed by atoms with E-state index in [0.717, 1.165) is 19.3 Å². The second-order valence-corrected chi connectivity index (χ2v) is 5.22. The van der Waals surface area contributed by atoms with Gasteiger partial charge in [0.2, 0.25) is 0 Å². The van der Waals surface area contributed by atoms with Crippen LogP contribution < -0.4 is 10.6 Å². The molecule has 0 aromatic rings. The summed E-state index contributed by atoms with van der Waals surface area (Å²) in [5, 5.41) is 14.2. The minimum Gasteiger partial charge on any atom is -0.481 e. The molecule has 0 saturated heterocycles. The van der Waals surface area contributed by atoms with Crippen molar-refractivity contribution in [3.05, 3.63) is 0 Å². The van der Waals surface area contributed by atoms with Crippen LogP contribution in [0.4, 0.5) is 4.79 Å². The smallest absolute Gasteiger partial charge is 0.315 e. The van der Waals surface area contributed by atoms with Gasteiger partial charge in [-0.05, 0) is 24.7 Å². The second-order valence-electron chi connectivity index (χ2n) is 5.22. The van der Waals surface area contributed by atoms with Crippen molar-refractivity contribution in [1.82, 2.24) is 10.6 Å². The van der Waals surface area contributed by atoms with E-state index in [4.69, 9.17) is 5.11 Å². The molecule has 1 unspecified atom stereocenters. The molecule has 1 saturated carbocycles. The Balaban J connectivity index is 2.26. The first kappa shape index (κ1) is 13.8. The van der Waals surface area contributed by atoms with E-state index in [1.54, 1.807) is 0 Å². The zero-order chi connectivity index (χ0) is 12.9. The quantitative estimate of drug-likeness (QED) is 0.636. The molecule has 1 atom stereocenters. The van der Waals surface area contributed by atoms with E-state index in [-0.39, 0.29) is 23.9 Å². The summed E-state index contributed by atoms with van der Waals surface area (Å²) in [6.45, 7) is 4.78. The Bertz CT molecular complexity index is 287. The highest BCUT2D eigenvalue weighted by atomic mass is 16.4. The van der Waals surface area contributed by atoms with Crippen molar-refractivity contribution < 1.29 is 14.7 Å². The molecule has 0 bridgehead atoms. The van der Waals surface area contributed by atoms with Crippen LogP contribution in [0.5, 0.6) is 0 Å². The Labute approximate surface area is 102 Å². The molecule has 1 aliphatic carbocycles. The number of carboxylic acids is 1. The van der Waals surface area contributed by atoms with Crippen LogP contribution >= 0.6 is 0 Å². The zero-order valence-electron chi connectivity index (χ0n) is 10.6. The standard InChI is InChI=1S/C12H22N2O3/c1-3-4-9(7-10(15)16)14-11(17)13-8-12(2)5-6-12/h9H,3-8H2,1-2H3,(H,15,16)(H2,13,14,17). The molecule has 1 rings (SSSR count). The number of nitrogens with one attached hydrogen (secondary N) is 2. The molecule has 0 radical (unpaired) electrons. The minimum absolute atomic E-state index is 0.0153. The highest BCUT2D eigenvalue weighted by molar-refractivity contribution is 5.75. The Morgan fingerprint density at radius 3 is 2.53 bits per heavy atom. The van der Waals surface area contributed by atoms with Gasteiger partial charge in [0.05, 0.1) is 6.42 Å². The van der Waals surface area contributed by atoms with Crippen LogP contribution in [0.1, 0.15) is 46.0 Å². The van der Waals surface area contributed by atoms with Gasteiger partial charge in [-0.1, -0.05) is 20.3 Å². The maximum absolute atomic E-state index is 11.6. The number of aliphatic carboxylic acids is 1. The summed E-state index contributed by atoms with van der Waals surface area (Å²) in [7, 11) is 0. The van der Waals surface area contributed by atoms with E-state index in [2.05, 4.69) is 17.6 Å². The molecule has 1 aliphatic rings. The van der Waals surface area contributed by atoms with Gasteiger partial charge in [-0.2, -0.15) is 0 Å². The summed E-state index contributed by atoms with van der Waals surface area (Å²) in [4.78, 5) is 22.2. The van der Waals surface area contributed by atoms with E-state index in [0.29, 0.717) is 13.0 Å². The van der Waals surface area contributed by atoms with Crippen molar-refractivity contribution >= 4 is 12.0 Å². The average Bonchev–Trinajstić information content (AvgIpc) is 2.94. The SMILES string of the molecule is CCCC(CC(=O)O)NC(=O)NCC1(C)CC1. The lowest BCUT2D eigenvalue weighted by molar-refractivity contribution is -0.137. The first-order valence-electron chi connectivity index (χ1n) is 6.21. The van der Waals surface area contributed by atoms with Crippen LogP contribution in [0, 0.1) is 5.41 Å². The normalized spacial score (nSPS) is 18.2. The van der Waals surface area contributed by atoms with Gasteiger partial charge in [0.15, 0.2) is 0 Å². The lowest BCUT2D eigenvalue weighted by Crippen LogP contribution is -2.44. The van der Waals surface area contributed by atoms with Crippen LogP contribution in [-0.4, -0.2) is 29.7 Å². The second kappa shape index (κ2) is 5.89. The monoisotopic (exact) mass is 242 g/mol. The summed E-state index contributed by atoms with van der Waals surface area (Å²) in [6, 6.07) is -0.526. The Morgan fingerprint density at radius 1 is 1.41 bits per heavy atom. The third kappa shape index (κ3) is 5.56. The average molecular weight is 242 g/mol. The lowest BCUT2D eigenvalue weighted by atomic mass is 10.1. The molecule has 0 heterocycles. The van der Waals surface area contributed by atoms with Gasteiger partial charge in [-0.3, -0.25) is 4.79 Å². The van der Waals surface area contributed by atoms with Crippen LogP contribution in [-0.2, 0) is 4.79 Å². The summed E-state index contributed by atoms with van der Waals surface area (Å²) >= 11 is 0. The summed E-state index contributed by atoms with van der Waals surface area (Å²) in [5.41, 5.74) is 0.268. The molecule has 0 spiro atoms. The van der Waals surface area contributed by atoms with Crippen molar-refractivity contribution in [2.75, 3.05) is 6.54 Å². The molecule has 5 heteroatoms. The Kier molecular flexibility index (Phi) is 4.78. The van der Waals surface area contributed by atoms with Crippen LogP contribution in [0.25, 0.3) is 0 Å². The van der Waals surface area contributed by atoms with Gasteiger partial charge in [-0.25, -0.2) is 4.79 Å². The summed E-state index contributed by atoms with van der Waals surface area (Å²) < 4.78 is 0.